The molecule has 3 N–H and O–H groups in total. The summed E-state index contributed by atoms with van der Waals surface area (Å²) in [4.78, 5) is 20.4. The first-order valence-corrected chi connectivity index (χ1v) is 9.53. The second kappa shape index (κ2) is 8.65. The van der Waals surface area contributed by atoms with Crippen molar-refractivity contribution >= 4 is 29.0 Å². The molecule has 1 atom stereocenters. The van der Waals surface area contributed by atoms with E-state index in [0.717, 1.165) is 39.8 Å². The number of rotatable bonds is 6. The Bertz CT molecular complexity index is 996. The Morgan fingerprint density at radius 3 is 2.46 bits per heavy atom. The van der Waals surface area contributed by atoms with Gasteiger partial charge >= 0.3 is 0 Å². The third-order valence-electron chi connectivity index (χ3n) is 4.71. The number of carbonyl (C=O) groups is 1. The fourth-order valence-electron chi connectivity index (χ4n) is 3.65. The molecule has 0 aliphatic carbocycles. The van der Waals surface area contributed by atoms with Crippen LogP contribution < -0.4 is 11.1 Å². The number of aliphatic imine (C=N–C) groups is 1. The molecule has 0 bridgehead atoms. The van der Waals surface area contributed by atoms with Crippen molar-refractivity contribution in [2.75, 3.05) is 0 Å². The first-order chi connectivity index (χ1) is 13.5. The molecule has 0 radical (unpaired) electrons. The van der Waals surface area contributed by atoms with Gasteiger partial charge in [0.1, 0.15) is 0 Å². The molecule has 0 saturated heterocycles. The van der Waals surface area contributed by atoms with Gasteiger partial charge < -0.3 is 5.73 Å². The first-order valence-electron chi connectivity index (χ1n) is 9.53. The van der Waals surface area contributed by atoms with Crippen LogP contribution in [0.15, 0.2) is 59.6 Å². The highest BCUT2D eigenvalue weighted by Crippen LogP contribution is 2.42. The topological polar surface area (TPSA) is 80.4 Å². The van der Waals surface area contributed by atoms with Gasteiger partial charge in [0.2, 0.25) is 6.41 Å². The SMILES string of the molecule is CC(C)CC(C)c1c(-c2ccccc2)nc2ccccc2c1N=C(N)NC=O. The lowest BCUT2D eigenvalue weighted by atomic mass is 9.87. The molecular weight excluding hydrogens is 348 g/mol. The number of hydrogen-bond donors (Lipinski definition) is 2. The minimum absolute atomic E-state index is 0.0726. The van der Waals surface area contributed by atoms with Crippen LogP contribution in [0.25, 0.3) is 22.2 Å². The van der Waals surface area contributed by atoms with Crippen LogP contribution in [0.2, 0.25) is 0 Å². The third-order valence-corrected chi connectivity index (χ3v) is 4.71. The van der Waals surface area contributed by atoms with Crippen LogP contribution in [0.1, 0.15) is 38.7 Å². The van der Waals surface area contributed by atoms with Crippen LogP contribution in [0.4, 0.5) is 5.69 Å². The zero-order valence-electron chi connectivity index (χ0n) is 16.5. The third kappa shape index (κ3) is 4.19. The molecule has 3 rings (SSSR count). The minimum Gasteiger partial charge on any atom is -0.369 e. The number of carbonyl (C=O) groups excluding carboxylic acids is 1. The highest BCUT2D eigenvalue weighted by Gasteiger charge is 2.22. The number of pyridine rings is 1. The van der Waals surface area contributed by atoms with Crippen LogP contribution in [0, 0.1) is 5.92 Å². The highest BCUT2D eigenvalue weighted by molar-refractivity contribution is 5.99. The second-order valence-corrected chi connectivity index (χ2v) is 7.40. The van der Waals surface area contributed by atoms with Crippen molar-refractivity contribution in [2.24, 2.45) is 16.6 Å². The summed E-state index contributed by atoms with van der Waals surface area (Å²) in [7, 11) is 0. The molecular formula is C23H26N4O. The van der Waals surface area contributed by atoms with E-state index in [1.165, 1.54) is 0 Å². The Morgan fingerprint density at radius 2 is 1.79 bits per heavy atom. The average molecular weight is 374 g/mol. The fourth-order valence-corrected chi connectivity index (χ4v) is 3.65. The number of para-hydroxylation sites is 1. The van der Waals surface area contributed by atoms with Gasteiger partial charge in [0.25, 0.3) is 0 Å². The number of nitrogens with one attached hydrogen (secondary N) is 1. The maximum absolute atomic E-state index is 10.8. The van der Waals surface area contributed by atoms with E-state index in [0.29, 0.717) is 12.3 Å². The van der Waals surface area contributed by atoms with Crippen molar-refractivity contribution in [3.05, 3.63) is 60.2 Å². The van der Waals surface area contributed by atoms with Gasteiger partial charge in [-0.25, -0.2) is 9.98 Å². The molecule has 5 nitrogen and oxygen atoms in total. The van der Waals surface area contributed by atoms with E-state index in [-0.39, 0.29) is 11.9 Å². The van der Waals surface area contributed by atoms with E-state index in [4.69, 9.17) is 10.7 Å². The van der Waals surface area contributed by atoms with Gasteiger partial charge in [-0.05, 0) is 24.3 Å². The summed E-state index contributed by atoms with van der Waals surface area (Å²) in [6.45, 7) is 6.61. The predicted molar refractivity (Wildman–Crippen MR) is 116 cm³/mol. The normalized spacial score (nSPS) is 12.9. The van der Waals surface area contributed by atoms with E-state index in [1.54, 1.807) is 0 Å². The second-order valence-electron chi connectivity index (χ2n) is 7.40. The van der Waals surface area contributed by atoms with Crippen molar-refractivity contribution in [3.63, 3.8) is 0 Å². The standard InChI is InChI=1S/C23H26N4O/c1-15(2)13-16(3)20-21(17-9-5-4-6-10-17)26-19-12-8-7-11-18(19)22(20)27-23(24)25-14-28/h4-12,14-16H,13H2,1-3H3,(H3,24,25,26,27,28). The van der Waals surface area contributed by atoms with Crippen LogP contribution in [0.3, 0.4) is 0 Å². The van der Waals surface area contributed by atoms with Crippen LogP contribution in [0.5, 0.6) is 0 Å². The summed E-state index contributed by atoms with van der Waals surface area (Å²) in [5.74, 6) is 0.811. The molecule has 144 valence electrons. The number of aromatic nitrogens is 1. The molecule has 1 heterocycles. The number of nitrogens with zero attached hydrogens (tertiary/aromatic N) is 2. The van der Waals surface area contributed by atoms with Crippen LogP contribution in [-0.4, -0.2) is 17.4 Å². The summed E-state index contributed by atoms with van der Waals surface area (Å²) in [5, 5.41) is 3.37. The molecule has 0 spiro atoms. The summed E-state index contributed by atoms with van der Waals surface area (Å²) in [6, 6.07) is 18.0. The Morgan fingerprint density at radius 1 is 1.11 bits per heavy atom. The quantitative estimate of drug-likeness (QED) is 0.371. The Labute approximate surface area is 165 Å². The lowest BCUT2D eigenvalue weighted by Crippen LogP contribution is -2.29. The van der Waals surface area contributed by atoms with Gasteiger partial charge in [-0.3, -0.25) is 10.1 Å². The largest absolute Gasteiger partial charge is 0.369 e. The van der Waals surface area contributed by atoms with Crippen molar-refractivity contribution in [1.82, 2.24) is 10.3 Å². The van der Waals surface area contributed by atoms with Crippen molar-refractivity contribution in [2.45, 2.75) is 33.1 Å². The molecule has 3 aromatic rings. The van der Waals surface area contributed by atoms with Crippen molar-refractivity contribution in [3.8, 4) is 11.3 Å². The van der Waals surface area contributed by atoms with E-state index in [2.05, 4.69) is 43.2 Å². The van der Waals surface area contributed by atoms with Gasteiger partial charge in [0, 0.05) is 16.5 Å². The molecule has 0 fully saturated rings. The lowest BCUT2D eigenvalue weighted by Gasteiger charge is -2.22. The van der Waals surface area contributed by atoms with Gasteiger partial charge in [-0.1, -0.05) is 69.3 Å². The number of benzene rings is 2. The molecule has 0 aliphatic rings. The molecule has 2 aromatic carbocycles. The van der Waals surface area contributed by atoms with E-state index in [1.807, 2.05) is 42.5 Å². The fraction of sp³-hybridized carbons (Fsp3) is 0.261. The molecule has 1 unspecified atom stereocenters. The molecule has 5 heteroatoms. The summed E-state index contributed by atoms with van der Waals surface area (Å²) >= 11 is 0. The first kappa shape index (κ1) is 19.5. The Hall–Kier alpha value is -3.21. The number of hydrogen-bond acceptors (Lipinski definition) is 3. The maximum Gasteiger partial charge on any atom is 0.213 e. The monoisotopic (exact) mass is 374 g/mol. The Balaban J connectivity index is 2.37. The number of nitrogens with two attached hydrogens (primary N) is 1. The Kier molecular flexibility index (Phi) is 6.04. The van der Waals surface area contributed by atoms with Crippen molar-refractivity contribution < 1.29 is 4.79 Å². The molecule has 28 heavy (non-hydrogen) atoms. The van der Waals surface area contributed by atoms with Gasteiger partial charge in [0.15, 0.2) is 5.96 Å². The maximum atomic E-state index is 10.8. The zero-order valence-corrected chi connectivity index (χ0v) is 16.5. The van der Waals surface area contributed by atoms with E-state index < -0.39 is 0 Å². The number of fused-ring (bicyclic) bond motifs is 1. The molecule has 1 aromatic heterocycles. The predicted octanol–water partition coefficient (Wildman–Crippen LogP) is 4.74. The minimum atomic E-state index is 0.0726. The summed E-state index contributed by atoms with van der Waals surface area (Å²) < 4.78 is 0. The van der Waals surface area contributed by atoms with E-state index >= 15 is 0 Å². The zero-order chi connectivity index (χ0) is 20.1. The summed E-state index contributed by atoms with van der Waals surface area (Å²) in [6.07, 6.45) is 1.53. The molecule has 1 amide bonds. The van der Waals surface area contributed by atoms with E-state index in [9.17, 15) is 4.79 Å². The summed E-state index contributed by atoms with van der Waals surface area (Å²) in [5.41, 5.74) is 10.6. The highest BCUT2D eigenvalue weighted by atomic mass is 16.1. The molecule has 0 aliphatic heterocycles. The van der Waals surface area contributed by atoms with Crippen molar-refractivity contribution in [1.29, 1.82) is 0 Å². The number of amides is 1. The smallest absolute Gasteiger partial charge is 0.213 e. The lowest BCUT2D eigenvalue weighted by molar-refractivity contribution is -0.108. The van der Waals surface area contributed by atoms with Gasteiger partial charge in [-0.15, -0.1) is 0 Å². The number of guanidine groups is 1. The average Bonchev–Trinajstić information content (AvgIpc) is 2.68. The van der Waals surface area contributed by atoms with Gasteiger partial charge in [-0.2, -0.15) is 0 Å². The van der Waals surface area contributed by atoms with Gasteiger partial charge in [0.05, 0.1) is 16.9 Å². The van der Waals surface area contributed by atoms with Crippen LogP contribution in [-0.2, 0) is 4.79 Å². The molecule has 0 saturated carbocycles. The van der Waals surface area contributed by atoms with Crippen LogP contribution >= 0.6 is 0 Å².